The van der Waals surface area contributed by atoms with Crippen LogP contribution in [0.1, 0.15) is 52.7 Å². The van der Waals surface area contributed by atoms with Crippen molar-refractivity contribution in [3.05, 3.63) is 57.7 Å². The van der Waals surface area contributed by atoms with Crippen LogP contribution in [0.15, 0.2) is 35.4 Å². The molecule has 0 unspecified atom stereocenters. The monoisotopic (exact) mass is 350 g/mol. The van der Waals surface area contributed by atoms with Gasteiger partial charge in [-0.15, -0.1) is 0 Å². The van der Waals surface area contributed by atoms with E-state index in [9.17, 15) is 9.59 Å². The molecule has 132 valence electrons. The van der Waals surface area contributed by atoms with Crippen molar-refractivity contribution < 1.29 is 23.8 Å². The van der Waals surface area contributed by atoms with Crippen LogP contribution >= 0.6 is 0 Å². The van der Waals surface area contributed by atoms with E-state index in [4.69, 9.17) is 14.2 Å². The van der Waals surface area contributed by atoms with Crippen LogP contribution in [0.2, 0.25) is 0 Å². The van der Waals surface area contributed by atoms with Gasteiger partial charge in [0.05, 0.1) is 25.4 Å². The first-order valence-corrected chi connectivity index (χ1v) is 9.06. The average molecular weight is 350 g/mol. The molecule has 1 aromatic carbocycles. The van der Waals surface area contributed by atoms with E-state index in [1.54, 1.807) is 0 Å². The van der Waals surface area contributed by atoms with Crippen LogP contribution in [0, 0.1) is 11.8 Å². The summed E-state index contributed by atoms with van der Waals surface area (Å²) in [5.41, 5.74) is 6.23. The van der Waals surface area contributed by atoms with Gasteiger partial charge in [-0.25, -0.2) is 9.59 Å². The van der Waals surface area contributed by atoms with Gasteiger partial charge in [0.1, 0.15) is 12.2 Å². The Labute approximate surface area is 150 Å². The molecule has 5 aliphatic rings. The molecular formula is C21H18O5. The highest BCUT2D eigenvalue weighted by Crippen LogP contribution is 2.69. The zero-order valence-corrected chi connectivity index (χ0v) is 14.5. The molecule has 3 aliphatic carbocycles. The molecule has 0 saturated heterocycles. The SMILES string of the molecule is COC(=O)C1=C(C(=O)OC)[C@H]2[C@@H]1[C@H]1C[C@@H]2c2cc3c(cc21)[C@@H]1C=C[C@H]3O1. The summed E-state index contributed by atoms with van der Waals surface area (Å²) in [5, 5.41) is 0. The van der Waals surface area contributed by atoms with Crippen LogP contribution in [0.3, 0.4) is 0 Å². The molecule has 0 N–H and O–H groups in total. The summed E-state index contributed by atoms with van der Waals surface area (Å²) in [4.78, 5) is 24.7. The van der Waals surface area contributed by atoms with Crippen LogP contribution in [-0.4, -0.2) is 26.2 Å². The molecule has 0 radical (unpaired) electrons. The third-order valence-corrected chi connectivity index (χ3v) is 6.98. The molecule has 4 bridgehead atoms. The lowest BCUT2D eigenvalue weighted by atomic mass is 9.59. The Morgan fingerprint density at radius 3 is 1.73 bits per heavy atom. The number of hydrogen-bond donors (Lipinski definition) is 0. The molecule has 2 heterocycles. The number of ether oxygens (including phenoxy) is 3. The lowest BCUT2D eigenvalue weighted by Crippen LogP contribution is -2.42. The van der Waals surface area contributed by atoms with Crippen LogP contribution in [0.25, 0.3) is 0 Å². The number of esters is 2. The van der Waals surface area contributed by atoms with Crippen molar-refractivity contribution in [2.45, 2.75) is 30.5 Å². The predicted octanol–water partition coefficient (Wildman–Crippen LogP) is 2.84. The quantitative estimate of drug-likeness (QED) is 0.606. The number of methoxy groups -OCH3 is 2. The van der Waals surface area contributed by atoms with Crippen molar-refractivity contribution in [2.24, 2.45) is 11.8 Å². The van der Waals surface area contributed by atoms with E-state index < -0.39 is 11.9 Å². The van der Waals surface area contributed by atoms with Crippen LogP contribution < -0.4 is 0 Å². The van der Waals surface area contributed by atoms with Crippen LogP contribution in [0.4, 0.5) is 0 Å². The van der Waals surface area contributed by atoms with Crippen molar-refractivity contribution in [3.63, 3.8) is 0 Å². The van der Waals surface area contributed by atoms with Gasteiger partial charge in [0, 0.05) is 11.8 Å². The minimum atomic E-state index is -0.396. The molecule has 6 rings (SSSR count). The second kappa shape index (κ2) is 4.65. The topological polar surface area (TPSA) is 61.8 Å². The van der Waals surface area contributed by atoms with Crippen molar-refractivity contribution in [3.8, 4) is 0 Å². The Balaban J connectivity index is 1.47. The van der Waals surface area contributed by atoms with Crippen LogP contribution in [0.5, 0.6) is 0 Å². The lowest BCUT2D eigenvalue weighted by Gasteiger charge is -2.43. The molecule has 0 spiro atoms. The molecule has 1 fully saturated rings. The third kappa shape index (κ3) is 1.48. The van der Waals surface area contributed by atoms with Gasteiger partial charge in [0.2, 0.25) is 0 Å². The molecule has 2 aliphatic heterocycles. The predicted molar refractivity (Wildman–Crippen MR) is 90.3 cm³/mol. The van der Waals surface area contributed by atoms with Crippen molar-refractivity contribution in [2.75, 3.05) is 14.2 Å². The third-order valence-electron chi connectivity index (χ3n) is 6.98. The normalized spacial score (nSPS) is 36.5. The number of carbonyl (C=O) groups excluding carboxylic acids is 2. The van der Waals surface area contributed by atoms with Crippen molar-refractivity contribution in [1.82, 2.24) is 0 Å². The molecule has 1 saturated carbocycles. The summed E-state index contributed by atoms with van der Waals surface area (Å²) < 4.78 is 15.9. The highest BCUT2D eigenvalue weighted by molar-refractivity contribution is 6.05. The van der Waals surface area contributed by atoms with E-state index in [0.717, 1.165) is 6.42 Å². The Morgan fingerprint density at radius 2 is 1.31 bits per heavy atom. The number of benzene rings is 1. The van der Waals surface area contributed by atoms with Gasteiger partial charge in [-0.1, -0.05) is 24.3 Å². The Kier molecular flexibility index (Phi) is 2.64. The molecule has 0 amide bonds. The minimum absolute atomic E-state index is 0.0675. The van der Waals surface area contributed by atoms with Crippen molar-refractivity contribution >= 4 is 11.9 Å². The van der Waals surface area contributed by atoms with Gasteiger partial charge < -0.3 is 14.2 Å². The zero-order valence-electron chi connectivity index (χ0n) is 14.5. The van der Waals surface area contributed by atoms with E-state index in [1.165, 1.54) is 36.5 Å². The van der Waals surface area contributed by atoms with E-state index in [1.807, 2.05) is 0 Å². The molecule has 26 heavy (non-hydrogen) atoms. The van der Waals surface area contributed by atoms with Gasteiger partial charge in [0.15, 0.2) is 0 Å². The van der Waals surface area contributed by atoms with Gasteiger partial charge in [-0.3, -0.25) is 0 Å². The second-order valence-corrected chi connectivity index (χ2v) is 7.78. The molecule has 0 aromatic heterocycles. The fourth-order valence-electron chi connectivity index (χ4n) is 6.05. The second-order valence-electron chi connectivity index (χ2n) is 7.78. The zero-order chi connectivity index (χ0) is 17.7. The van der Waals surface area contributed by atoms with E-state index in [-0.39, 0.29) is 35.9 Å². The minimum Gasteiger partial charge on any atom is -0.466 e. The highest BCUT2D eigenvalue weighted by Gasteiger charge is 2.63. The molecular weight excluding hydrogens is 332 g/mol. The number of hydrogen-bond acceptors (Lipinski definition) is 5. The Hall–Kier alpha value is -2.40. The average Bonchev–Trinajstić information content (AvgIpc) is 3.38. The largest absolute Gasteiger partial charge is 0.466 e. The first kappa shape index (κ1) is 14.7. The molecule has 6 atom stereocenters. The summed E-state index contributed by atoms with van der Waals surface area (Å²) in [7, 11) is 2.73. The maximum absolute atomic E-state index is 12.3. The molecule has 5 nitrogen and oxygen atoms in total. The molecule has 1 aromatic rings. The van der Waals surface area contributed by atoms with Gasteiger partial charge in [-0.05, 0) is 40.5 Å². The first-order valence-electron chi connectivity index (χ1n) is 9.06. The summed E-state index contributed by atoms with van der Waals surface area (Å²) >= 11 is 0. The van der Waals surface area contributed by atoms with Crippen LogP contribution in [-0.2, 0) is 23.8 Å². The fourth-order valence-corrected chi connectivity index (χ4v) is 6.05. The summed E-state index contributed by atoms with van der Waals surface area (Å²) in [6, 6.07) is 4.56. The summed E-state index contributed by atoms with van der Waals surface area (Å²) in [6.07, 6.45) is 5.36. The number of carbonyl (C=O) groups is 2. The van der Waals surface area contributed by atoms with E-state index in [0.29, 0.717) is 11.1 Å². The Morgan fingerprint density at radius 1 is 0.846 bits per heavy atom. The van der Waals surface area contributed by atoms with E-state index >= 15 is 0 Å². The van der Waals surface area contributed by atoms with Gasteiger partial charge >= 0.3 is 11.9 Å². The van der Waals surface area contributed by atoms with E-state index in [2.05, 4.69) is 24.3 Å². The van der Waals surface area contributed by atoms with Gasteiger partial charge in [-0.2, -0.15) is 0 Å². The Bertz CT molecular complexity index is 882. The highest BCUT2D eigenvalue weighted by atomic mass is 16.5. The smallest absolute Gasteiger partial charge is 0.334 e. The summed E-state index contributed by atoms with van der Waals surface area (Å²) in [6.45, 7) is 0. The van der Waals surface area contributed by atoms with Gasteiger partial charge in [0.25, 0.3) is 0 Å². The standard InChI is InChI=1S/C21H18O5/c1-24-20(22)18-16-12-7-13(17(16)19(18)21(23)25-2)9-6-11-10(5-8(9)12)14-3-4-15(11)26-14/h3-6,12-17H,7H2,1-2H3/t12-,13+,14-,15+,16-,17+. The lowest BCUT2D eigenvalue weighted by molar-refractivity contribution is -0.142. The number of rotatable bonds is 2. The molecule has 5 heteroatoms. The van der Waals surface area contributed by atoms with Crippen molar-refractivity contribution in [1.29, 1.82) is 0 Å². The number of fused-ring (bicyclic) bond motifs is 13. The first-order chi connectivity index (χ1) is 12.6. The maximum atomic E-state index is 12.3. The maximum Gasteiger partial charge on any atom is 0.334 e. The summed E-state index contributed by atoms with van der Waals surface area (Å²) in [5.74, 6) is -0.101. The fraction of sp³-hybridized carbons (Fsp3) is 0.429.